The molecule has 0 radical (unpaired) electrons. The van der Waals surface area contributed by atoms with Crippen LogP contribution < -0.4 is 5.32 Å². The van der Waals surface area contributed by atoms with Crippen LogP contribution in [-0.4, -0.2) is 25.6 Å². The maximum Gasteiger partial charge on any atom is 0.140 e. The molecule has 3 rings (SSSR count). The van der Waals surface area contributed by atoms with Crippen LogP contribution in [0.4, 0.5) is 0 Å². The van der Waals surface area contributed by atoms with Gasteiger partial charge in [0.2, 0.25) is 0 Å². The Morgan fingerprint density at radius 3 is 3.00 bits per heavy atom. The van der Waals surface area contributed by atoms with E-state index in [1.54, 1.807) is 0 Å². The van der Waals surface area contributed by atoms with Crippen molar-refractivity contribution in [3.63, 3.8) is 0 Å². The van der Waals surface area contributed by atoms with Gasteiger partial charge in [-0.15, -0.1) is 0 Å². The zero-order chi connectivity index (χ0) is 13.9. The van der Waals surface area contributed by atoms with Gasteiger partial charge in [-0.05, 0) is 24.2 Å². The van der Waals surface area contributed by atoms with Crippen LogP contribution in [0.5, 0.6) is 0 Å². The Balaban J connectivity index is 2.00. The van der Waals surface area contributed by atoms with Crippen LogP contribution in [0, 0.1) is 0 Å². The Morgan fingerprint density at radius 2 is 2.25 bits per heavy atom. The summed E-state index contributed by atoms with van der Waals surface area (Å²) in [6, 6.07) is 4.13. The molecule has 0 saturated carbocycles. The van der Waals surface area contributed by atoms with E-state index in [0.717, 1.165) is 25.3 Å². The number of nitrogens with zero attached hydrogens (tertiary/aromatic N) is 4. The van der Waals surface area contributed by atoms with Crippen LogP contribution >= 0.6 is 0 Å². The van der Waals surface area contributed by atoms with Gasteiger partial charge < -0.3 is 14.5 Å². The molecule has 0 aliphatic carbocycles. The molecular formula is C15H19N5. The summed E-state index contributed by atoms with van der Waals surface area (Å²) in [7, 11) is 2.01. The first-order valence-corrected chi connectivity index (χ1v) is 6.88. The average molecular weight is 269 g/mol. The van der Waals surface area contributed by atoms with E-state index >= 15 is 0 Å². The minimum Gasteiger partial charge on any atom is -0.336 e. The molecule has 0 atom stereocenters. The van der Waals surface area contributed by atoms with Crippen LogP contribution in [0.1, 0.15) is 18.2 Å². The van der Waals surface area contributed by atoms with Crippen molar-refractivity contribution in [2.45, 2.75) is 20.0 Å². The van der Waals surface area contributed by atoms with Crippen molar-refractivity contribution in [1.82, 2.24) is 24.4 Å². The van der Waals surface area contributed by atoms with E-state index in [-0.39, 0.29) is 0 Å². The van der Waals surface area contributed by atoms with Crippen molar-refractivity contribution in [2.75, 3.05) is 6.54 Å². The average Bonchev–Trinajstić information content (AvgIpc) is 3.02. The minimum absolute atomic E-state index is 0.788. The van der Waals surface area contributed by atoms with Crippen molar-refractivity contribution >= 4 is 11.0 Å². The number of imidazole rings is 1. The topological polar surface area (TPSA) is 47.7 Å². The van der Waals surface area contributed by atoms with Gasteiger partial charge in [-0.25, -0.2) is 9.97 Å². The van der Waals surface area contributed by atoms with Gasteiger partial charge in [0.1, 0.15) is 5.65 Å². The lowest BCUT2D eigenvalue weighted by Crippen LogP contribution is -2.11. The fourth-order valence-electron chi connectivity index (χ4n) is 2.43. The fourth-order valence-corrected chi connectivity index (χ4v) is 2.43. The molecule has 0 bridgehead atoms. The number of aromatic nitrogens is 4. The SMILES string of the molecule is CCNCc1cn(Cc2cncn2C)c2ncccc12. The summed E-state index contributed by atoms with van der Waals surface area (Å²) in [5.74, 6) is 0. The van der Waals surface area contributed by atoms with Gasteiger partial charge in [0.15, 0.2) is 0 Å². The van der Waals surface area contributed by atoms with E-state index in [2.05, 4.69) is 39.0 Å². The second-order valence-corrected chi connectivity index (χ2v) is 4.93. The minimum atomic E-state index is 0.788. The molecule has 20 heavy (non-hydrogen) atoms. The highest BCUT2D eigenvalue weighted by atomic mass is 15.1. The highest BCUT2D eigenvalue weighted by molar-refractivity contribution is 5.80. The molecule has 0 saturated heterocycles. The van der Waals surface area contributed by atoms with Gasteiger partial charge >= 0.3 is 0 Å². The number of pyridine rings is 1. The smallest absolute Gasteiger partial charge is 0.140 e. The monoisotopic (exact) mass is 269 g/mol. The third-order valence-electron chi connectivity index (χ3n) is 3.53. The van der Waals surface area contributed by atoms with E-state index in [9.17, 15) is 0 Å². The van der Waals surface area contributed by atoms with E-state index in [4.69, 9.17) is 0 Å². The lowest BCUT2D eigenvalue weighted by Gasteiger charge is -2.05. The molecule has 5 nitrogen and oxygen atoms in total. The fraction of sp³-hybridized carbons (Fsp3) is 0.333. The van der Waals surface area contributed by atoms with Crippen molar-refractivity contribution in [3.05, 3.63) is 48.3 Å². The van der Waals surface area contributed by atoms with Crippen molar-refractivity contribution in [3.8, 4) is 0 Å². The summed E-state index contributed by atoms with van der Waals surface area (Å²) in [5.41, 5.74) is 3.49. The zero-order valence-corrected chi connectivity index (χ0v) is 11.9. The summed E-state index contributed by atoms with van der Waals surface area (Å²) in [4.78, 5) is 8.70. The Labute approximate surface area is 118 Å². The maximum atomic E-state index is 4.53. The molecule has 0 unspecified atom stereocenters. The second kappa shape index (κ2) is 5.46. The standard InChI is InChI=1S/C15H19N5/c1-3-16-7-12-9-20(10-13-8-17-11-19(13)2)15-14(12)5-4-6-18-15/h4-6,8-9,11,16H,3,7,10H2,1-2H3. The molecule has 0 aliphatic heterocycles. The predicted octanol–water partition coefficient (Wildman–Crippen LogP) is 1.93. The van der Waals surface area contributed by atoms with E-state index in [1.807, 2.05) is 36.4 Å². The van der Waals surface area contributed by atoms with Gasteiger partial charge in [0.25, 0.3) is 0 Å². The van der Waals surface area contributed by atoms with E-state index < -0.39 is 0 Å². The van der Waals surface area contributed by atoms with E-state index in [1.165, 1.54) is 16.6 Å². The highest BCUT2D eigenvalue weighted by Gasteiger charge is 2.10. The first-order chi connectivity index (χ1) is 9.79. The van der Waals surface area contributed by atoms with Crippen LogP contribution in [0.3, 0.4) is 0 Å². The van der Waals surface area contributed by atoms with Crippen molar-refractivity contribution in [1.29, 1.82) is 0 Å². The van der Waals surface area contributed by atoms with Crippen LogP contribution in [0.2, 0.25) is 0 Å². The number of rotatable bonds is 5. The molecule has 5 heteroatoms. The first-order valence-electron chi connectivity index (χ1n) is 6.88. The van der Waals surface area contributed by atoms with Gasteiger partial charge in [0, 0.05) is 37.6 Å². The Kier molecular flexibility index (Phi) is 3.52. The summed E-state index contributed by atoms with van der Waals surface area (Å²) < 4.78 is 4.23. The van der Waals surface area contributed by atoms with Gasteiger partial charge in [-0.3, -0.25) is 0 Å². The van der Waals surface area contributed by atoms with Gasteiger partial charge in [-0.2, -0.15) is 0 Å². The molecule has 0 fully saturated rings. The quantitative estimate of drug-likeness (QED) is 0.770. The number of aryl methyl sites for hydroxylation is 1. The van der Waals surface area contributed by atoms with Gasteiger partial charge in [0.05, 0.1) is 18.6 Å². The highest BCUT2D eigenvalue weighted by Crippen LogP contribution is 2.20. The van der Waals surface area contributed by atoms with Crippen LogP contribution in [-0.2, 0) is 20.1 Å². The molecular weight excluding hydrogens is 250 g/mol. The molecule has 0 amide bonds. The number of fused-ring (bicyclic) bond motifs is 1. The normalized spacial score (nSPS) is 11.3. The van der Waals surface area contributed by atoms with Crippen LogP contribution in [0.15, 0.2) is 37.1 Å². The number of hydrogen-bond donors (Lipinski definition) is 1. The maximum absolute atomic E-state index is 4.53. The Hall–Kier alpha value is -2.14. The Morgan fingerprint density at radius 1 is 1.35 bits per heavy atom. The third kappa shape index (κ3) is 2.32. The third-order valence-corrected chi connectivity index (χ3v) is 3.53. The summed E-state index contributed by atoms with van der Waals surface area (Å²) in [5, 5.41) is 4.60. The molecule has 3 heterocycles. The molecule has 3 aromatic heterocycles. The lowest BCUT2D eigenvalue weighted by atomic mass is 10.2. The predicted molar refractivity (Wildman–Crippen MR) is 79.4 cm³/mol. The summed E-state index contributed by atoms with van der Waals surface area (Å²) in [6.07, 6.45) is 7.76. The van der Waals surface area contributed by atoms with Crippen molar-refractivity contribution in [2.24, 2.45) is 7.05 Å². The van der Waals surface area contributed by atoms with Gasteiger partial charge in [-0.1, -0.05) is 6.92 Å². The Bertz CT molecular complexity index is 710. The second-order valence-electron chi connectivity index (χ2n) is 4.93. The zero-order valence-electron chi connectivity index (χ0n) is 11.9. The molecule has 1 N–H and O–H groups in total. The first kappa shape index (κ1) is 12.9. The molecule has 0 aliphatic rings. The number of nitrogens with one attached hydrogen (secondary N) is 1. The summed E-state index contributed by atoms with van der Waals surface area (Å²) in [6.45, 7) is 4.74. The molecule has 3 aromatic rings. The lowest BCUT2D eigenvalue weighted by molar-refractivity contribution is 0.713. The van der Waals surface area contributed by atoms with Crippen LogP contribution in [0.25, 0.3) is 11.0 Å². The van der Waals surface area contributed by atoms with E-state index in [0.29, 0.717) is 0 Å². The molecule has 0 aromatic carbocycles. The molecule has 104 valence electrons. The number of hydrogen-bond acceptors (Lipinski definition) is 3. The largest absolute Gasteiger partial charge is 0.336 e. The summed E-state index contributed by atoms with van der Waals surface area (Å²) >= 11 is 0. The van der Waals surface area contributed by atoms with Crippen molar-refractivity contribution < 1.29 is 0 Å². The molecule has 0 spiro atoms.